The van der Waals surface area contributed by atoms with E-state index in [4.69, 9.17) is 9.05 Å². The van der Waals surface area contributed by atoms with Crippen molar-refractivity contribution in [2.75, 3.05) is 16.8 Å². The van der Waals surface area contributed by atoms with E-state index in [0.717, 1.165) is 37.3 Å². The fourth-order valence-electron chi connectivity index (χ4n) is 4.87. The number of anilines is 3. The maximum Gasteiger partial charge on any atom is 0.527 e. The Morgan fingerprint density at radius 2 is 1.58 bits per heavy atom. The number of phosphoric ester groups is 1. The van der Waals surface area contributed by atoms with Crippen molar-refractivity contribution >= 4 is 30.8 Å². The molecular formula is C35H41N2O7P. The summed E-state index contributed by atoms with van der Waals surface area (Å²) in [4.78, 5) is 25.9. The molecule has 3 aromatic rings. The molecular weight excluding hydrogens is 591 g/mol. The summed E-state index contributed by atoms with van der Waals surface area (Å²) in [6, 6.07) is 15.9. The number of hydrogen-bond acceptors (Lipinski definition) is 7. The zero-order chi connectivity index (χ0) is 32.6. The Balaban J connectivity index is 1.61. The molecule has 9 nitrogen and oxygen atoms in total. The van der Waals surface area contributed by atoms with Crippen LogP contribution in [0, 0.1) is 0 Å². The summed E-state index contributed by atoms with van der Waals surface area (Å²) < 4.78 is 23.7. The van der Waals surface area contributed by atoms with Gasteiger partial charge in [0.2, 0.25) is 0 Å². The molecule has 1 unspecified atom stereocenters. The molecule has 1 aliphatic heterocycles. The monoisotopic (exact) mass is 632 g/mol. The first-order valence-corrected chi connectivity index (χ1v) is 16.4. The van der Waals surface area contributed by atoms with Crippen molar-refractivity contribution in [3.05, 3.63) is 107 Å². The van der Waals surface area contributed by atoms with Gasteiger partial charge in [0, 0.05) is 18.7 Å². The Hall–Kier alpha value is -4.30. The number of nitrogens with zero attached hydrogens (tertiary/aromatic N) is 1. The summed E-state index contributed by atoms with van der Waals surface area (Å²) in [6.07, 6.45) is 10.1. The number of allylic oxidation sites excluding steroid dienone is 5. The highest BCUT2D eigenvalue weighted by Crippen LogP contribution is 2.52. The van der Waals surface area contributed by atoms with Gasteiger partial charge in [-0.25, -0.2) is 4.57 Å². The average molecular weight is 633 g/mol. The number of phosphoric acid groups is 1. The first kappa shape index (κ1) is 33.6. The number of benzene rings is 3. The smallest absolute Gasteiger partial charge is 0.508 e. The largest absolute Gasteiger partial charge is 0.527 e. The first-order chi connectivity index (χ1) is 21.4. The van der Waals surface area contributed by atoms with Gasteiger partial charge >= 0.3 is 7.82 Å². The zero-order valence-electron chi connectivity index (χ0n) is 26.1. The van der Waals surface area contributed by atoms with Crippen LogP contribution >= 0.6 is 7.82 Å². The fourth-order valence-corrected chi connectivity index (χ4v) is 5.63. The Morgan fingerprint density at radius 3 is 2.29 bits per heavy atom. The Bertz CT molecular complexity index is 1660. The van der Waals surface area contributed by atoms with Gasteiger partial charge in [-0.1, -0.05) is 71.3 Å². The van der Waals surface area contributed by atoms with Crippen molar-refractivity contribution in [2.24, 2.45) is 0 Å². The van der Waals surface area contributed by atoms with E-state index >= 15 is 0 Å². The molecule has 0 saturated carbocycles. The van der Waals surface area contributed by atoms with Crippen LogP contribution in [0.2, 0.25) is 0 Å². The van der Waals surface area contributed by atoms with E-state index in [-0.39, 0.29) is 53.0 Å². The Labute approximate surface area is 264 Å². The van der Waals surface area contributed by atoms with Crippen molar-refractivity contribution in [3.63, 3.8) is 0 Å². The second-order valence-electron chi connectivity index (χ2n) is 11.4. The number of fused-ring (bicyclic) bond motifs is 2. The first-order valence-electron chi connectivity index (χ1n) is 14.9. The van der Waals surface area contributed by atoms with Crippen molar-refractivity contribution in [1.29, 1.82) is 0 Å². The van der Waals surface area contributed by atoms with Gasteiger partial charge in [0.1, 0.15) is 17.2 Å². The molecule has 45 heavy (non-hydrogen) atoms. The van der Waals surface area contributed by atoms with Crippen molar-refractivity contribution in [1.82, 2.24) is 0 Å². The number of carbonyl (C=O) groups is 1. The third kappa shape index (κ3) is 9.35. The normalized spacial score (nSPS) is 14.5. The van der Waals surface area contributed by atoms with Crippen LogP contribution in [0.4, 0.5) is 17.1 Å². The highest BCUT2D eigenvalue weighted by atomic mass is 31.2. The molecule has 0 aliphatic carbocycles. The van der Waals surface area contributed by atoms with Crippen LogP contribution in [0.1, 0.15) is 69.3 Å². The summed E-state index contributed by atoms with van der Waals surface area (Å²) in [6.45, 7) is 8.28. The Kier molecular flexibility index (Phi) is 11.3. The highest BCUT2D eigenvalue weighted by Gasteiger charge is 2.33. The Morgan fingerprint density at radius 1 is 0.889 bits per heavy atom. The van der Waals surface area contributed by atoms with E-state index in [2.05, 4.69) is 38.2 Å². The topological polar surface area (TPSA) is 129 Å². The van der Waals surface area contributed by atoms with Gasteiger partial charge in [0.15, 0.2) is 5.75 Å². The predicted octanol–water partition coefficient (Wildman–Crippen LogP) is 8.92. The lowest BCUT2D eigenvalue weighted by molar-refractivity contribution is 0.0990. The van der Waals surface area contributed by atoms with E-state index in [0.29, 0.717) is 5.56 Å². The number of aromatic hydroxyl groups is 2. The van der Waals surface area contributed by atoms with E-state index in [1.807, 2.05) is 19.1 Å². The molecule has 0 radical (unpaired) electrons. The minimum Gasteiger partial charge on any atom is -0.508 e. The van der Waals surface area contributed by atoms with Crippen LogP contribution in [0.25, 0.3) is 0 Å². The van der Waals surface area contributed by atoms with Gasteiger partial charge in [0.05, 0.1) is 23.5 Å². The molecule has 0 saturated heterocycles. The lowest BCUT2D eigenvalue weighted by atomic mass is 10.1. The molecule has 10 heteroatoms. The number of nitrogens with one attached hydrogen (secondary N) is 1. The van der Waals surface area contributed by atoms with Crippen LogP contribution in [-0.4, -0.2) is 27.6 Å². The fraction of sp³-hybridized carbons (Fsp3) is 0.286. The van der Waals surface area contributed by atoms with Crippen molar-refractivity contribution in [3.8, 4) is 17.2 Å². The van der Waals surface area contributed by atoms with Gasteiger partial charge in [-0.15, -0.1) is 0 Å². The molecule has 4 N–H and O–H groups in total. The molecule has 238 valence electrons. The van der Waals surface area contributed by atoms with Crippen LogP contribution in [0.15, 0.2) is 95.6 Å². The summed E-state index contributed by atoms with van der Waals surface area (Å²) in [5, 5.41) is 24.3. The predicted molar refractivity (Wildman–Crippen MR) is 178 cm³/mol. The zero-order valence-corrected chi connectivity index (χ0v) is 27.0. The number of hydrogen-bond donors (Lipinski definition) is 4. The van der Waals surface area contributed by atoms with Crippen LogP contribution in [-0.2, 0) is 15.7 Å². The molecule has 1 aliphatic rings. The third-order valence-corrected chi connectivity index (χ3v) is 8.20. The van der Waals surface area contributed by atoms with Gasteiger partial charge in [-0.2, -0.15) is 0 Å². The molecule has 0 fully saturated rings. The number of phenolic OH excluding ortho intramolecular Hbond substituents is 2. The summed E-state index contributed by atoms with van der Waals surface area (Å²) in [5.41, 5.74) is 4.98. The van der Waals surface area contributed by atoms with E-state index < -0.39 is 13.7 Å². The van der Waals surface area contributed by atoms with E-state index in [1.54, 1.807) is 36.4 Å². The lowest BCUT2D eigenvalue weighted by Gasteiger charge is -2.24. The van der Waals surface area contributed by atoms with Crippen LogP contribution in [0.5, 0.6) is 17.2 Å². The van der Waals surface area contributed by atoms with Gasteiger partial charge in [-0.05, 0) is 71.1 Å². The minimum atomic E-state index is -4.69. The molecule has 1 atom stereocenters. The maximum atomic E-state index is 13.9. The molecule has 3 aromatic carbocycles. The van der Waals surface area contributed by atoms with E-state index in [9.17, 15) is 24.5 Å². The van der Waals surface area contributed by atoms with Gasteiger partial charge in [0.25, 0.3) is 5.91 Å². The average Bonchev–Trinajstić information content (AvgIpc) is 3.10. The molecule has 0 bridgehead atoms. The number of phenols is 2. The van der Waals surface area contributed by atoms with E-state index in [1.165, 1.54) is 28.2 Å². The molecule has 4 rings (SSSR count). The minimum absolute atomic E-state index is 0.106. The van der Waals surface area contributed by atoms with Crippen LogP contribution < -0.4 is 14.7 Å². The number of amides is 1. The molecule has 1 heterocycles. The highest BCUT2D eigenvalue weighted by molar-refractivity contribution is 7.47. The van der Waals surface area contributed by atoms with Crippen LogP contribution in [0.3, 0.4) is 0 Å². The second kappa shape index (κ2) is 15.1. The standard InChI is InChI=1S/C35H41N2O7P/c1-24(2)11-8-12-25(3)13-9-14-26(4)19-20-37-30-21-28(38)22-32(44-45(41,42)43-23-27-15-6-5-7-16-27)34(30)36-33-29(35(37)40)17-10-18-31(33)39/h5-7,10-11,13,15-19,21-22,36,38-39H,8-9,12,14,20,23H2,1-4H3,(H,41,42)/b25-13+,26-19+. The van der Waals surface area contributed by atoms with Crippen molar-refractivity contribution in [2.45, 2.75) is 60.0 Å². The van der Waals surface area contributed by atoms with Gasteiger partial charge < -0.3 is 25.0 Å². The SMILES string of the molecule is CC(C)=CCC/C(C)=C/CC/C(C)=C/CN1C(=O)c2cccc(O)c2Nc2c(OP(=O)(O)OCc3ccccc3)cc(O)cc21. The summed E-state index contributed by atoms with van der Waals surface area (Å²) >= 11 is 0. The number of rotatable bonds is 13. The summed E-state index contributed by atoms with van der Waals surface area (Å²) in [5.74, 6) is -1.16. The third-order valence-electron chi connectivity index (χ3n) is 7.32. The van der Waals surface area contributed by atoms with Crippen molar-refractivity contribution < 1.29 is 33.5 Å². The van der Waals surface area contributed by atoms with Gasteiger partial charge in [-0.3, -0.25) is 14.2 Å². The number of carbonyl (C=O) groups excluding carboxylic acids is 1. The second-order valence-corrected chi connectivity index (χ2v) is 12.7. The summed E-state index contributed by atoms with van der Waals surface area (Å²) in [7, 11) is -4.69. The molecule has 0 spiro atoms. The quantitative estimate of drug-likeness (QED) is 0.0636. The lowest BCUT2D eigenvalue weighted by Crippen LogP contribution is -2.30. The molecule has 1 amide bonds. The maximum absolute atomic E-state index is 13.9. The molecule has 0 aromatic heterocycles. The number of para-hydroxylation sites is 1.